The molecular formula is C12H22ClNO. The van der Waals surface area contributed by atoms with Gasteiger partial charge in [-0.2, -0.15) is 0 Å². The minimum absolute atomic E-state index is 0.117. The zero-order valence-corrected chi connectivity index (χ0v) is 10.8. The Bertz CT molecular complexity index is 214. The summed E-state index contributed by atoms with van der Waals surface area (Å²) in [5, 5.41) is -0.393. The van der Waals surface area contributed by atoms with Gasteiger partial charge < -0.3 is 4.90 Å². The number of halogens is 1. The van der Waals surface area contributed by atoms with Gasteiger partial charge in [0.1, 0.15) is 5.38 Å². The van der Waals surface area contributed by atoms with Crippen LogP contribution in [0.3, 0.4) is 0 Å². The predicted octanol–water partition coefficient (Wildman–Crippen LogP) is 3.04. The van der Waals surface area contributed by atoms with Gasteiger partial charge in [0.05, 0.1) is 0 Å². The fourth-order valence-corrected chi connectivity index (χ4v) is 1.96. The Morgan fingerprint density at radius 1 is 1.13 bits per heavy atom. The van der Waals surface area contributed by atoms with Gasteiger partial charge in [-0.15, -0.1) is 11.6 Å². The molecule has 1 rings (SSSR count). The van der Waals surface area contributed by atoms with E-state index in [1.54, 1.807) is 0 Å². The fraction of sp³-hybridized carbons (Fsp3) is 0.917. The third-order valence-corrected chi connectivity index (χ3v) is 3.74. The van der Waals surface area contributed by atoms with Crippen molar-refractivity contribution in [2.24, 2.45) is 5.41 Å². The molecule has 1 fully saturated rings. The van der Waals surface area contributed by atoms with Crippen LogP contribution in [0.1, 0.15) is 46.5 Å². The molecule has 1 atom stereocenters. The molecule has 3 heteroatoms. The van der Waals surface area contributed by atoms with Crippen LogP contribution in [-0.2, 0) is 4.79 Å². The Kier molecular flexibility index (Phi) is 4.45. The van der Waals surface area contributed by atoms with Crippen LogP contribution >= 0.6 is 11.6 Å². The molecule has 15 heavy (non-hydrogen) atoms. The summed E-state index contributed by atoms with van der Waals surface area (Å²) in [6.45, 7) is 7.82. The molecule has 1 aliphatic rings. The van der Waals surface area contributed by atoms with Crippen LogP contribution in [0.25, 0.3) is 0 Å². The number of carbonyl (C=O) groups is 1. The molecule has 0 spiro atoms. The highest BCUT2D eigenvalue weighted by molar-refractivity contribution is 6.31. The van der Waals surface area contributed by atoms with Gasteiger partial charge in [0, 0.05) is 13.1 Å². The lowest BCUT2D eigenvalue weighted by Gasteiger charge is -2.30. The first-order chi connectivity index (χ1) is 6.93. The van der Waals surface area contributed by atoms with Crippen LogP contribution in [0.5, 0.6) is 0 Å². The van der Waals surface area contributed by atoms with Crippen molar-refractivity contribution in [3.63, 3.8) is 0 Å². The van der Waals surface area contributed by atoms with Crippen molar-refractivity contribution in [1.29, 1.82) is 0 Å². The van der Waals surface area contributed by atoms with E-state index in [4.69, 9.17) is 11.6 Å². The third-order valence-electron chi connectivity index (χ3n) is 2.89. The summed E-state index contributed by atoms with van der Waals surface area (Å²) in [4.78, 5) is 14.0. The van der Waals surface area contributed by atoms with Crippen LogP contribution in [-0.4, -0.2) is 29.3 Å². The van der Waals surface area contributed by atoms with Crippen molar-refractivity contribution in [2.45, 2.75) is 51.8 Å². The van der Waals surface area contributed by atoms with Crippen molar-refractivity contribution >= 4 is 17.5 Å². The molecule has 0 saturated carbocycles. The zero-order chi connectivity index (χ0) is 11.5. The lowest BCUT2D eigenvalue weighted by atomic mass is 9.91. The summed E-state index contributed by atoms with van der Waals surface area (Å²) in [6, 6.07) is 0. The Morgan fingerprint density at radius 2 is 1.60 bits per heavy atom. The van der Waals surface area contributed by atoms with E-state index in [-0.39, 0.29) is 11.3 Å². The molecule has 0 radical (unpaired) electrons. The molecule has 2 nitrogen and oxygen atoms in total. The minimum atomic E-state index is -0.393. The monoisotopic (exact) mass is 231 g/mol. The lowest BCUT2D eigenvalue weighted by Crippen LogP contribution is -2.42. The van der Waals surface area contributed by atoms with Gasteiger partial charge in [-0.3, -0.25) is 4.79 Å². The summed E-state index contributed by atoms with van der Waals surface area (Å²) in [5.41, 5.74) is -0.148. The molecule has 1 saturated heterocycles. The van der Waals surface area contributed by atoms with Gasteiger partial charge in [-0.1, -0.05) is 33.6 Å². The first kappa shape index (κ1) is 12.8. The van der Waals surface area contributed by atoms with Crippen molar-refractivity contribution in [2.75, 3.05) is 13.1 Å². The van der Waals surface area contributed by atoms with E-state index < -0.39 is 5.38 Å². The fourth-order valence-electron chi connectivity index (χ4n) is 1.82. The van der Waals surface area contributed by atoms with Crippen molar-refractivity contribution in [3.8, 4) is 0 Å². The number of amides is 1. The molecule has 1 aliphatic heterocycles. The van der Waals surface area contributed by atoms with Gasteiger partial charge in [0.25, 0.3) is 0 Å². The quantitative estimate of drug-likeness (QED) is 0.636. The highest BCUT2D eigenvalue weighted by atomic mass is 35.5. The van der Waals surface area contributed by atoms with Gasteiger partial charge in [-0.05, 0) is 18.3 Å². The average molecular weight is 232 g/mol. The number of likely N-dealkylation sites (tertiary alicyclic amines) is 1. The first-order valence-electron chi connectivity index (χ1n) is 5.86. The summed E-state index contributed by atoms with van der Waals surface area (Å²) < 4.78 is 0. The number of alkyl halides is 1. The van der Waals surface area contributed by atoms with E-state index >= 15 is 0 Å². The number of nitrogens with zero attached hydrogens (tertiary/aromatic N) is 1. The van der Waals surface area contributed by atoms with E-state index in [1.807, 2.05) is 25.7 Å². The van der Waals surface area contributed by atoms with Gasteiger partial charge in [0.2, 0.25) is 5.91 Å². The van der Waals surface area contributed by atoms with Crippen molar-refractivity contribution in [1.82, 2.24) is 4.90 Å². The van der Waals surface area contributed by atoms with Crippen molar-refractivity contribution in [3.05, 3.63) is 0 Å². The largest absolute Gasteiger partial charge is 0.341 e. The first-order valence-corrected chi connectivity index (χ1v) is 6.29. The van der Waals surface area contributed by atoms with Crippen LogP contribution < -0.4 is 0 Å². The number of hydrogen-bond acceptors (Lipinski definition) is 1. The number of hydrogen-bond donors (Lipinski definition) is 0. The molecule has 0 N–H and O–H groups in total. The van der Waals surface area contributed by atoms with Gasteiger partial charge in [0.15, 0.2) is 0 Å². The Morgan fingerprint density at radius 3 is 2.00 bits per heavy atom. The van der Waals surface area contributed by atoms with Gasteiger partial charge in [-0.25, -0.2) is 0 Å². The molecule has 0 bridgehead atoms. The maximum atomic E-state index is 12.1. The van der Waals surface area contributed by atoms with E-state index in [9.17, 15) is 4.79 Å². The summed E-state index contributed by atoms with van der Waals surface area (Å²) in [5.74, 6) is 0.117. The average Bonchev–Trinajstić information content (AvgIpc) is 2.42. The highest BCUT2D eigenvalue weighted by Gasteiger charge is 2.32. The Labute approximate surface area is 98.0 Å². The molecule has 0 aromatic rings. The highest BCUT2D eigenvalue weighted by Crippen LogP contribution is 2.26. The molecule has 88 valence electrons. The van der Waals surface area contributed by atoms with Crippen LogP contribution in [0.15, 0.2) is 0 Å². The normalized spacial score (nSPS) is 20.9. The van der Waals surface area contributed by atoms with E-state index in [0.717, 1.165) is 25.9 Å². The lowest BCUT2D eigenvalue weighted by molar-refractivity contribution is -0.132. The second-order valence-electron chi connectivity index (χ2n) is 5.47. The molecule has 0 aromatic carbocycles. The number of rotatable bonds is 1. The molecule has 0 aromatic heterocycles. The van der Waals surface area contributed by atoms with Crippen LogP contribution in [0.2, 0.25) is 0 Å². The zero-order valence-electron chi connectivity index (χ0n) is 10.1. The predicted molar refractivity (Wildman–Crippen MR) is 64.1 cm³/mol. The molecule has 1 unspecified atom stereocenters. The molecule has 1 amide bonds. The molecular weight excluding hydrogens is 210 g/mol. The van der Waals surface area contributed by atoms with Crippen LogP contribution in [0, 0.1) is 5.41 Å². The smallest absolute Gasteiger partial charge is 0.241 e. The molecule has 0 aliphatic carbocycles. The Hall–Kier alpha value is -0.240. The maximum Gasteiger partial charge on any atom is 0.241 e. The summed E-state index contributed by atoms with van der Waals surface area (Å²) >= 11 is 6.20. The number of carbonyl (C=O) groups excluding carboxylic acids is 1. The second kappa shape index (κ2) is 5.20. The third kappa shape index (κ3) is 3.67. The minimum Gasteiger partial charge on any atom is -0.341 e. The standard InChI is InChI=1S/C12H22ClNO/c1-12(2,3)10(13)11(15)14-8-6-4-5-7-9-14/h10H,4-9H2,1-3H3. The van der Waals surface area contributed by atoms with E-state index in [2.05, 4.69) is 0 Å². The summed E-state index contributed by atoms with van der Waals surface area (Å²) in [7, 11) is 0. The topological polar surface area (TPSA) is 20.3 Å². The van der Waals surface area contributed by atoms with E-state index in [0.29, 0.717) is 0 Å². The Balaban J connectivity index is 2.58. The van der Waals surface area contributed by atoms with Gasteiger partial charge >= 0.3 is 0 Å². The SMILES string of the molecule is CC(C)(C)C(Cl)C(=O)N1CCCCCC1. The molecule has 1 heterocycles. The second-order valence-corrected chi connectivity index (χ2v) is 5.90. The van der Waals surface area contributed by atoms with Crippen LogP contribution in [0.4, 0.5) is 0 Å². The van der Waals surface area contributed by atoms with Crippen molar-refractivity contribution < 1.29 is 4.79 Å². The maximum absolute atomic E-state index is 12.1. The summed E-state index contributed by atoms with van der Waals surface area (Å²) in [6.07, 6.45) is 4.73. The van der Waals surface area contributed by atoms with E-state index in [1.165, 1.54) is 12.8 Å².